The van der Waals surface area contributed by atoms with Crippen LogP contribution in [0.4, 0.5) is 5.82 Å². The van der Waals surface area contributed by atoms with Crippen molar-refractivity contribution >= 4 is 12.1 Å². The minimum absolute atomic E-state index is 0.498. The number of fused-ring (bicyclic) bond motifs is 1. The standard InChI is InChI=1S/C8H8N2O/c11-5-7-2-1-6-3-4-9-8(6)10-7/h1-2,5H,3-4H2,(H,9,10). The molecule has 0 spiro atoms. The predicted octanol–water partition coefficient (Wildman–Crippen LogP) is 0.862. The van der Waals surface area contributed by atoms with Crippen LogP contribution >= 0.6 is 0 Å². The van der Waals surface area contributed by atoms with Crippen molar-refractivity contribution in [3.05, 3.63) is 23.4 Å². The number of aldehydes is 1. The van der Waals surface area contributed by atoms with Gasteiger partial charge in [0.15, 0.2) is 6.29 Å². The van der Waals surface area contributed by atoms with Gasteiger partial charge >= 0.3 is 0 Å². The van der Waals surface area contributed by atoms with Crippen molar-refractivity contribution in [2.24, 2.45) is 0 Å². The fraction of sp³-hybridized carbons (Fsp3) is 0.250. The van der Waals surface area contributed by atoms with Gasteiger partial charge in [0.25, 0.3) is 0 Å². The zero-order chi connectivity index (χ0) is 7.68. The lowest BCUT2D eigenvalue weighted by Gasteiger charge is -1.97. The van der Waals surface area contributed by atoms with E-state index in [2.05, 4.69) is 10.3 Å². The highest BCUT2D eigenvalue weighted by atomic mass is 16.1. The SMILES string of the molecule is O=Cc1ccc2c(n1)NCC2. The number of aromatic nitrogens is 1. The maximum absolute atomic E-state index is 10.3. The molecule has 1 aromatic rings. The molecule has 0 radical (unpaired) electrons. The maximum atomic E-state index is 10.3. The summed E-state index contributed by atoms with van der Waals surface area (Å²) < 4.78 is 0. The smallest absolute Gasteiger partial charge is 0.168 e. The molecule has 1 aromatic heterocycles. The van der Waals surface area contributed by atoms with E-state index in [1.165, 1.54) is 5.56 Å². The summed E-state index contributed by atoms with van der Waals surface area (Å²) in [5, 5.41) is 3.10. The lowest BCUT2D eigenvalue weighted by atomic mass is 10.2. The van der Waals surface area contributed by atoms with E-state index in [0.717, 1.165) is 25.1 Å². The molecule has 0 bridgehead atoms. The average Bonchev–Trinajstić information content (AvgIpc) is 2.50. The molecule has 3 heteroatoms. The zero-order valence-electron chi connectivity index (χ0n) is 6.00. The first-order valence-corrected chi connectivity index (χ1v) is 3.59. The van der Waals surface area contributed by atoms with Crippen molar-refractivity contribution in [2.45, 2.75) is 6.42 Å². The molecule has 3 nitrogen and oxygen atoms in total. The first-order chi connectivity index (χ1) is 5.40. The number of anilines is 1. The molecule has 0 aliphatic carbocycles. The van der Waals surface area contributed by atoms with Crippen molar-refractivity contribution in [3.63, 3.8) is 0 Å². The number of hydrogen-bond donors (Lipinski definition) is 1. The molecular weight excluding hydrogens is 140 g/mol. The van der Waals surface area contributed by atoms with Gasteiger partial charge in [-0.05, 0) is 18.1 Å². The second kappa shape index (κ2) is 2.34. The molecule has 11 heavy (non-hydrogen) atoms. The molecule has 0 saturated carbocycles. The monoisotopic (exact) mass is 148 g/mol. The van der Waals surface area contributed by atoms with Crippen LogP contribution in [0.25, 0.3) is 0 Å². The van der Waals surface area contributed by atoms with Gasteiger partial charge in [0.2, 0.25) is 0 Å². The Balaban J connectivity index is 2.48. The van der Waals surface area contributed by atoms with E-state index < -0.39 is 0 Å². The summed E-state index contributed by atoms with van der Waals surface area (Å²) >= 11 is 0. The summed E-state index contributed by atoms with van der Waals surface area (Å²) in [5.74, 6) is 0.870. The van der Waals surface area contributed by atoms with Crippen LogP contribution in [0.2, 0.25) is 0 Å². The van der Waals surface area contributed by atoms with Crippen LogP contribution in [0.3, 0.4) is 0 Å². The Kier molecular flexibility index (Phi) is 1.35. The second-order valence-corrected chi connectivity index (χ2v) is 2.54. The molecule has 2 heterocycles. The van der Waals surface area contributed by atoms with Crippen molar-refractivity contribution in [3.8, 4) is 0 Å². The number of carbonyl (C=O) groups excluding carboxylic acids is 1. The Hall–Kier alpha value is -1.38. The van der Waals surface area contributed by atoms with Gasteiger partial charge in [0.05, 0.1) is 0 Å². The largest absolute Gasteiger partial charge is 0.369 e. The summed E-state index contributed by atoms with van der Waals surface area (Å²) in [6.45, 7) is 0.935. The number of nitrogens with zero attached hydrogens (tertiary/aromatic N) is 1. The molecule has 2 rings (SSSR count). The number of carbonyl (C=O) groups is 1. The van der Waals surface area contributed by atoms with E-state index in [1.54, 1.807) is 6.07 Å². The molecular formula is C8H8N2O. The van der Waals surface area contributed by atoms with Gasteiger partial charge < -0.3 is 5.32 Å². The molecule has 0 aromatic carbocycles. The van der Waals surface area contributed by atoms with E-state index in [-0.39, 0.29) is 0 Å². The molecule has 0 fully saturated rings. The van der Waals surface area contributed by atoms with Crippen molar-refractivity contribution in [2.75, 3.05) is 11.9 Å². The van der Waals surface area contributed by atoms with Crippen LogP contribution in [0, 0.1) is 0 Å². The van der Waals surface area contributed by atoms with Crippen molar-refractivity contribution in [1.82, 2.24) is 4.98 Å². The highest BCUT2D eigenvalue weighted by Crippen LogP contribution is 2.18. The van der Waals surface area contributed by atoms with Crippen molar-refractivity contribution < 1.29 is 4.79 Å². The van der Waals surface area contributed by atoms with Gasteiger partial charge in [-0.15, -0.1) is 0 Å². The second-order valence-electron chi connectivity index (χ2n) is 2.54. The van der Waals surface area contributed by atoms with E-state index in [4.69, 9.17) is 0 Å². The molecule has 0 atom stereocenters. The lowest BCUT2D eigenvalue weighted by molar-refractivity contribution is 0.111. The Morgan fingerprint density at radius 2 is 2.45 bits per heavy atom. The fourth-order valence-electron chi connectivity index (χ4n) is 1.24. The summed E-state index contributed by atoms with van der Waals surface area (Å²) in [5.41, 5.74) is 1.70. The highest BCUT2D eigenvalue weighted by Gasteiger charge is 2.10. The zero-order valence-corrected chi connectivity index (χ0v) is 6.00. The van der Waals surface area contributed by atoms with Crippen molar-refractivity contribution in [1.29, 1.82) is 0 Å². The van der Waals surface area contributed by atoms with Gasteiger partial charge in [-0.2, -0.15) is 0 Å². The lowest BCUT2D eigenvalue weighted by Crippen LogP contribution is -1.95. The van der Waals surface area contributed by atoms with E-state index >= 15 is 0 Å². The summed E-state index contributed by atoms with van der Waals surface area (Å²) in [4.78, 5) is 14.4. The van der Waals surface area contributed by atoms with E-state index in [0.29, 0.717) is 5.69 Å². The third-order valence-corrected chi connectivity index (χ3v) is 1.81. The van der Waals surface area contributed by atoms with Crippen LogP contribution in [-0.4, -0.2) is 17.8 Å². The predicted molar refractivity (Wildman–Crippen MR) is 41.8 cm³/mol. The fourth-order valence-corrected chi connectivity index (χ4v) is 1.24. The molecule has 1 N–H and O–H groups in total. The summed E-state index contributed by atoms with van der Waals surface area (Å²) in [6.07, 6.45) is 1.78. The first kappa shape index (κ1) is 6.34. The molecule has 0 saturated heterocycles. The molecule has 56 valence electrons. The normalized spacial score (nSPS) is 13.8. The molecule has 1 aliphatic rings. The highest BCUT2D eigenvalue weighted by molar-refractivity contribution is 5.73. The quantitative estimate of drug-likeness (QED) is 0.600. The molecule has 1 aliphatic heterocycles. The van der Waals surface area contributed by atoms with Crippen LogP contribution in [0.1, 0.15) is 16.1 Å². The van der Waals surface area contributed by atoms with Crippen LogP contribution in [0.15, 0.2) is 12.1 Å². The summed E-state index contributed by atoms with van der Waals surface area (Å²) in [7, 11) is 0. The third-order valence-electron chi connectivity index (χ3n) is 1.81. The Bertz CT molecular complexity index is 296. The van der Waals surface area contributed by atoms with E-state index in [1.807, 2.05) is 6.07 Å². The average molecular weight is 148 g/mol. The Labute approximate surface area is 64.5 Å². The molecule has 0 unspecified atom stereocenters. The minimum Gasteiger partial charge on any atom is -0.369 e. The van der Waals surface area contributed by atoms with Gasteiger partial charge in [-0.1, -0.05) is 6.07 Å². The third kappa shape index (κ3) is 0.981. The van der Waals surface area contributed by atoms with Gasteiger partial charge in [-0.25, -0.2) is 4.98 Å². The molecule has 0 amide bonds. The topological polar surface area (TPSA) is 42.0 Å². The summed E-state index contributed by atoms with van der Waals surface area (Å²) in [6, 6.07) is 3.70. The number of pyridine rings is 1. The van der Waals surface area contributed by atoms with Crippen LogP contribution in [-0.2, 0) is 6.42 Å². The minimum atomic E-state index is 0.498. The van der Waals surface area contributed by atoms with Gasteiger partial charge in [0.1, 0.15) is 11.5 Å². The van der Waals surface area contributed by atoms with E-state index in [9.17, 15) is 4.79 Å². The van der Waals surface area contributed by atoms with Crippen LogP contribution < -0.4 is 5.32 Å². The van der Waals surface area contributed by atoms with Gasteiger partial charge in [-0.3, -0.25) is 4.79 Å². The number of rotatable bonds is 1. The van der Waals surface area contributed by atoms with Gasteiger partial charge in [0, 0.05) is 6.54 Å². The Morgan fingerprint density at radius 3 is 3.27 bits per heavy atom. The number of hydrogen-bond acceptors (Lipinski definition) is 3. The van der Waals surface area contributed by atoms with Crippen LogP contribution in [0.5, 0.6) is 0 Å². The first-order valence-electron chi connectivity index (χ1n) is 3.59. The Morgan fingerprint density at radius 1 is 1.55 bits per heavy atom. The maximum Gasteiger partial charge on any atom is 0.168 e. The number of nitrogens with one attached hydrogen (secondary N) is 1.